The van der Waals surface area contributed by atoms with Crippen molar-refractivity contribution in [1.29, 1.82) is 0 Å². The second-order valence-corrected chi connectivity index (χ2v) is 7.74. The Hall–Kier alpha value is -3.28. The van der Waals surface area contributed by atoms with E-state index in [0.717, 1.165) is 36.5 Å². The number of carbonyl (C=O) groups excluding carboxylic acids is 2. The Morgan fingerprint density at radius 2 is 1.66 bits per heavy atom. The number of hydrogen-bond donors (Lipinski definition) is 0. The van der Waals surface area contributed by atoms with Crippen molar-refractivity contribution in [2.24, 2.45) is 0 Å². The molecule has 0 radical (unpaired) electrons. The fourth-order valence-electron chi connectivity index (χ4n) is 3.59. The Morgan fingerprint density at radius 3 is 2.28 bits per heavy atom. The van der Waals surface area contributed by atoms with Gasteiger partial charge in [0.15, 0.2) is 17.3 Å². The van der Waals surface area contributed by atoms with Crippen molar-refractivity contribution in [3.8, 4) is 11.5 Å². The topological polar surface area (TPSA) is 59.1 Å². The van der Waals surface area contributed by atoms with Gasteiger partial charge in [0, 0.05) is 43.5 Å². The molecule has 6 heteroatoms. The van der Waals surface area contributed by atoms with Crippen molar-refractivity contribution in [2.75, 3.05) is 44.3 Å². The van der Waals surface area contributed by atoms with Gasteiger partial charge in [0.2, 0.25) is 5.91 Å². The highest BCUT2D eigenvalue weighted by Gasteiger charge is 2.20. The van der Waals surface area contributed by atoms with Crippen LogP contribution in [0.1, 0.15) is 43.1 Å². The quantitative estimate of drug-likeness (QED) is 0.430. The third kappa shape index (κ3) is 6.13. The lowest BCUT2D eigenvalue weighted by Crippen LogP contribution is -2.48. The molecule has 0 bridgehead atoms. The first-order chi connectivity index (χ1) is 15.5. The smallest absolute Gasteiger partial charge is 0.246 e. The maximum Gasteiger partial charge on any atom is 0.246 e. The van der Waals surface area contributed by atoms with Crippen LogP contribution >= 0.6 is 0 Å². The predicted octanol–water partition coefficient (Wildman–Crippen LogP) is 4.44. The number of ether oxygens (including phenoxy) is 2. The number of amides is 1. The summed E-state index contributed by atoms with van der Waals surface area (Å²) in [5.74, 6) is 1.49. The summed E-state index contributed by atoms with van der Waals surface area (Å²) >= 11 is 0. The first-order valence-corrected chi connectivity index (χ1v) is 11.2. The third-order valence-electron chi connectivity index (χ3n) is 5.38. The molecular formula is C26H32N2O4. The molecule has 2 aromatic carbocycles. The van der Waals surface area contributed by atoms with Crippen LogP contribution in [0.15, 0.2) is 48.5 Å². The second kappa shape index (κ2) is 11.4. The first kappa shape index (κ1) is 23.4. The van der Waals surface area contributed by atoms with E-state index in [9.17, 15) is 9.59 Å². The summed E-state index contributed by atoms with van der Waals surface area (Å²) in [6.07, 6.45) is 4.37. The Labute approximate surface area is 190 Å². The highest BCUT2D eigenvalue weighted by atomic mass is 16.5. The summed E-state index contributed by atoms with van der Waals surface area (Å²) in [5.41, 5.74) is 2.69. The van der Waals surface area contributed by atoms with Gasteiger partial charge in [0.05, 0.1) is 13.2 Å². The normalized spacial score (nSPS) is 14.0. The predicted molar refractivity (Wildman–Crippen MR) is 128 cm³/mol. The standard InChI is InChI=1S/C26H32N2O4/c1-4-18-32-24-12-6-21(19-25(24)31-5-2)7-13-26(30)28-16-14-27(15-17-28)23-10-8-22(9-11-23)20(3)29/h6-13,19H,4-5,14-18H2,1-3H3/b13-7+. The fourth-order valence-corrected chi connectivity index (χ4v) is 3.59. The molecule has 1 saturated heterocycles. The van der Waals surface area contributed by atoms with Crippen LogP contribution in [0, 0.1) is 0 Å². The Kier molecular flexibility index (Phi) is 8.31. The molecule has 2 aromatic rings. The number of piperazine rings is 1. The summed E-state index contributed by atoms with van der Waals surface area (Å²) in [7, 11) is 0. The summed E-state index contributed by atoms with van der Waals surface area (Å²) in [6.45, 7) is 9.60. The SMILES string of the molecule is CCCOc1ccc(/C=C/C(=O)N2CCN(c3ccc(C(C)=O)cc3)CC2)cc1OCC. The lowest BCUT2D eigenvalue weighted by atomic mass is 10.1. The number of anilines is 1. The maximum atomic E-state index is 12.7. The minimum Gasteiger partial charge on any atom is -0.490 e. The number of ketones is 1. The van der Waals surface area contributed by atoms with Crippen LogP contribution < -0.4 is 14.4 Å². The van der Waals surface area contributed by atoms with E-state index in [-0.39, 0.29) is 11.7 Å². The van der Waals surface area contributed by atoms with E-state index in [4.69, 9.17) is 9.47 Å². The van der Waals surface area contributed by atoms with E-state index in [1.54, 1.807) is 13.0 Å². The number of Topliss-reactive ketones (excluding diaryl/α,β-unsaturated/α-hetero) is 1. The molecule has 1 amide bonds. The average Bonchev–Trinajstić information content (AvgIpc) is 2.82. The van der Waals surface area contributed by atoms with Gasteiger partial charge < -0.3 is 19.3 Å². The minimum absolute atomic E-state index is 0.000784. The first-order valence-electron chi connectivity index (χ1n) is 11.2. The monoisotopic (exact) mass is 436 g/mol. The lowest BCUT2D eigenvalue weighted by Gasteiger charge is -2.35. The highest BCUT2D eigenvalue weighted by Crippen LogP contribution is 2.29. The van der Waals surface area contributed by atoms with Gasteiger partial charge in [-0.15, -0.1) is 0 Å². The molecule has 0 N–H and O–H groups in total. The van der Waals surface area contributed by atoms with Crippen molar-refractivity contribution >= 4 is 23.5 Å². The summed E-state index contributed by atoms with van der Waals surface area (Å²) in [6, 6.07) is 13.4. The van der Waals surface area contributed by atoms with Crippen LogP contribution in [0.25, 0.3) is 6.08 Å². The molecule has 6 nitrogen and oxygen atoms in total. The lowest BCUT2D eigenvalue weighted by molar-refractivity contribution is -0.126. The third-order valence-corrected chi connectivity index (χ3v) is 5.38. The Balaban J connectivity index is 1.57. The van der Waals surface area contributed by atoms with Crippen LogP contribution in [0.5, 0.6) is 11.5 Å². The van der Waals surface area contributed by atoms with Gasteiger partial charge in [0.25, 0.3) is 0 Å². The van der Waals surface area contributed by atoms with Gasteiger partial charge in [-0.2, -0.15) is 0 Å². The molecule has 170 valence electrons. The van der Waals surface area contributed by atoms with E-state index in [0.29, 0.717) is 37.6 Å². The molecule has 1 heterocycles. The molecule has 1 aliphatic heterocycles. The summed E-state index contributed by atoms with van der Waals surface area (Å²) < 4.78 is 11.4. The Bertz CT molecular complexity index is 945. The summed E-state index contributed by atoms with van der Waals surface area (Å²) in [5, 5.41) is 0. The van der Waals surface area contributed by atoms with E-state index >= 15 is 0 Å². The van der Waals surface area contributed by atoms with Gasteiger partial charge >= 0.3 is 0 Å². The van der Waals surface area contributed by atoms with Gasteiger partial charge in [0.1, 0.15) is 0 Å². The molecule has 0 unspecified atom stereocenters. The minimum atomic E-state index is 0.000784. The van der Waals surface area contributed by atoms with E-state index in [1.807, 2.05) is 60.4 Å². The second-order valence-electron chi connectivity index (χ2n) is 7.74. The molecule has 3 rings (SSSR count). The molecule has 0 atom stereocenters. The largest absolute Gasteiger partial charge is 0.490 e. The van der Waals surface area contributed by atoms with Gasteiger partial charge in [-0.25, -0.2) is 0 Å². The van der Waals surface area contributed by atoms with Gasteiger partial charge in [-0.1, -0.05) is 13.0 Å². The number of hydrogen-bond acceptors (Lipinski definition) is 5. The van der Waals surface area contributed by atoms with Crippen LogP contribution in [-0.4, -0.2) is 56.0 Å². The zero-order valence-electron chi connectivity index (χ0n) is 19.2. The Morgan fingerprint density at radius 1 is 0.938 bits per heavy atom. The van der Waals surface area contributed by atoms with Gasteiger partial charge in [-0.3, -0.25) is 9.59 Å². The molecule has 0 spiro atoms. The number of nitrogens with zero attached hydrogens (tertiary/aromatic N) is 2. The highest BCUT2D eigenvalue weighted by molar-refractivity contribution is 5.94. The van der Waals surface area contributed by atoms with Crippen molar-refractivity contribution < 1.29 is 19.1 Å². The number of benzene rings is 2. The number of rotatable bonds is 9. The average molecular weight is 437 g/mol. The van der Waals surface area contributed by atoms with E-state index in [2.05, 4.69) is 11.8 Å². The molecule has 0 saturated carbocycles. The van der Waals surface area contributed by atoms with E-state index in [1.165, 1.54) is 0 Å². The molecule has 1 aliphatic rings. The number of carbonyl (C=O) groups is 2. The van der Waals surface area contributed by atoms with Gasteiger partial charge in [-0.05, 0) is 68.3 Å². The fraction of sp³-hybridized carbons (Fsp3) is 0.385. The van der Waals surface area contributed by atoms with Crippen LogP contribution in [-0.2, 0) is 4.79 Å². The van der Waals surface area contributed by atoms with Crippen LogP contribution in [0.2, 0.25) is 0 Å². The van der Waals surface area contributed by atoms with Crippen molar-refractivity contribution in [3.63, 3.8) is 0 Å². The molecule has 32 heavy (non-hydrogen) atoms. The van der Waals surface area contributed by atoms with Crippen molar-refractivity contribution in [2.45, 2.75) is 27.2 Å². The summed E-state index contributed by atoms with van der Waals surface area (Å²) in [4.78, 5) is 28.2. The zero-order valence-corrected chi connectivity index (χ0v) is 19.2. The molecule has 0 aliphatic carbocycles. The van der Waals surface area contributed by atoms with Crippen molar-refractivity contribution in [3.05, 3.63) is 59.7 Å². The maximum absolute atomic E-state index is 12.7. The van der Waals surface area contributed by atoms with Crippen LogP contribution in [0.3, 0.4) is 0 Å². The van der Waals surface area contributed by atoms with Crippen LogP contribution in [0.4, 0.5) is 5.69 Å². The van der Waals surface area contributed by atoms with E-state index < -0.39 is 0 Å². The molecule has 1 fully saturated rings. The zero-order chi connectivity index (χ0) is 22.9. The molecular weight excluding hydrogens is 404 g/mol. The van der Waals surface area contributed by atoms with Crippen molar-refractivity contribution in [1.82, 2.24) is 4.90 Å². The molecule has 0 aromatic heterocycles.